The quantitative estimate of drug-likeness (QED) is 0.877. The van der Waals surface area contributed by atoms with Gasteiger partial charge < -0.3 is 10.8 Å². The topological polar surface area (TPSA) is 63.3 Å². The number of amides is 1. The number of aromatic hydroxyl groups is 1. The molecule has 0 heterocycles. The van der Waals surface area contributed by atoms with Gasteiger partial charge >= 0.3 is 0 Å². The fraction of sp³-hybridized carbons (Fsp3) is 0. The third kappa shape index (κ3) is 2.28. The molecule has 0 aliphatic carbocycles. The lowest BCUT2D eigenvalue weighted by molar-refractivity contribution is 0.0998. The molecule has 2 aromatic rings. The van der Waals surface area contributed by atoms with Crippen molar-refractivity contribution in [3.63, 3.8) is 0 Å². The Balaban J connectivity index is 2.54. The molecule has 18 heavy (non-hydrogen) atoms. The standard InChI is InChI=1S/C13H9ClFNO2/c14-10-6-8(1-3-11(10)15)7-2-4-12(17)9(5-7)13(16)18/h1-6,17H,(H2,16,18). The molecule has 1 amide bonds. The molecule has 5 heteroatoms. The number of rotatable bonds is 2. The molecule has 0 atom stereocenters. The molecule has 0 bridgehead atoms. The monoisotopic (exact) mass is 265 g/mol. The number of carbonyl (C=O) groups is 1. The van der Waals surface area contributed by atoms with E-state index >= 15 is 0 Å². The van der Waals surface area contributed by atoms with Crippen LogP contribution in [0.3, 0.4) is 0 Å². The highest BCUT2D eigenvalue weighted by Gasteiger charge is 2.10. The molecule has 92 valence electrons. The summed E-state index contributed by atoms with van der Waals surface area (Å²) in [5.74, 6) is -1.45. The zero-order valence-electron chi connectivity index (χ0n) is 9.15. The summed E-state index contributed by atoms with van der Waals surface area (Å²) in [7, 11) is 0. The Labute approximate surface area is 108 Å². The summed E-state index contributed by atoms with van der Waals surface area (Å²) >= 11 is 5.68. The summed E-state index contributed by atoms with van der Waals surface area (Å²) in [5.41, 5.74) is 6.38. The maximum Gasteiger partial charge on any atom is 0.252 e. The second kappa shape index (κ2) is 4.66. The lowest BCUT2D eigenvalue weighted by Crippen LogP contribution is -2.11. The fourth-order valence-corrected chi connectivity index (χ4v) is 1.77. The first-order valence-corrected chi connectivity index (χ1v) is 5.45. The third-order valence-electron chi connectivity index (χ3n) is 2.51. The number of hydrogen-bond donors (Lipinski definition) is 2. The highest BCUT2D eigenvalue weighted by atomic mass is 35.5. The van der Waals surface area contributed by atoms with Crippen LogP contribution in [-0.2, 0) is 0 Å². The molecule has 0 saturated carbocycles. The fourth-order valence-electron chi connectivity index (χ4n) is 1.59. The highest BCUT2D eigenvalue weighted by molar-refractivity contribution is 6.31. The molecular weight excluding hydrogens is 257 g/mol. The Bertz CT molecular complexity index is 628. The van der Waals surface area contributed by atoms with Crippen LogP contribution in [0.5, 0.6) is 5.75 Å². The molecule has 0 unspecified atom stereocenters. The van der Waals surface area contributed by atoms with Crippen molar-refractivity contribution in [2.75, 3.05) is 0 Å². The highest BCUT2D eigenvalue weighted by Crippen LogP contribution is 2.28. The molecule has 0 aliphatic heterocycles. The number of primary amides is 1. The van der Waals surface area contributed by atoms with Crippen molar-refractivity contribution in [3.05, 3.63) is 52.8 Å². The number of hydrogen-bond acceptors (Lipinski definition) is 2. The smallest absolute Gasteiger partial charge is 0.252 e. The van der Waals surface area contributed by atoms with Crippen LogP contribution in [0.15, 0.2) is 36.4 Å². The lowest BCUT2D eigenvalue weighted by atomic mass is 10.0. The third-order valence-corrected chi connectivity index (χ3v) is 2.80. The van der Waals surface area contributed by atoms with E-state index in [0.29, 0.717) is 11.1 Å². The van der Waals surface area contributed by atoms with Crippen LogP contribution in [0.4, 0.5) is 4.39 Å². The van der Waals surface area contributed by atoms with E-state index in [4.69, 9.17) is 17.3 Å². The summed E-state index contributed by atoms with van der Waals surface area (Å²) in [5, 5.41) is 9.45. The predicted molar refractivity (Wildman–Crippen MR) is 67.0 cm³/mol. The number of nitrogens with two attached hydrogens (primary N) is 1. The molecule has 0 spiro atoms. The Morgan fingerprint density at radius 2 is 1.78 bits per heavy atom. The van der Waals surface area contributed by atoms with Crippen molar-refractivity contribution in [1.82, 2.24) is 0 Å². The van der Waals surface area contributed by atoms with Gasteiger partial charge in [0.25, 0.3) is 5.91 Å². The van der Waals surface area contributed by atoms with Gasteiger partial charge in [-0.25, -0.2) is 4.39 Å². The molecule has 3 N–H and O–H groups in total. The van der Waals surface area contributed by atoms with Crippen LogP contribution in [0, 0.1) is 5.82 Å². The molecule has 0 saturated heterocycles. The second-order valence-corrected chi connectivity index (χ2v) is 4.13. The van der Waals surface area contributed by atoms with Gasteiger partial charge in [0.2, 0.25) is 0 Å². The van der Waals surface area contributed by atoms with Gasteiger partial charge in [-0.3, -0.25) is 4.79 Å². The Morgan fingerprint density at radius 1 is 1.17 bits per heavy atom. The minimum absolute atomic E-state index is 0.00736. The van der Waals surface area contributed by atoms with Gasteiger partial charge in [0, 0.05) is 0 Å². The van der Waals surface area contributed by atoms with Crippen LogP contribution in [-0.4, -0.2) is 11.0 Å². The Kier molecular flexibility index (Phi) is 3.21. The van der Waals surface area contributed by atoms with Crippen LogP contribution < -0.4 is 5.73 Å². The van der Waals surface area contributed by atoms with E-state index in [1.54, 1.807) is 6.07 Å². The minimum atomic E-state index is -0.734. The van der Waals surface area contributed by atoms with Crippen LogP contribution >= 0.6 is 11.6 Å². The maximum absolute atomic E-state index is 13.0. The number of halogens is 2. The predicted octanol–water partition coefficient (Wildman–Crippen LogP) is 2.95. The zero-order chi connectivity index (χ0) is 13.3. The first kappa shape index (κ1) is 12.4. The number of carbonyl (C=O) groups excluding carboxylic acids is 1. The second-order valence-electron chi connectivity index (χ2n) is 3.73. The van der Waals surface area contributed by atoms with E-state index in [2.05, 4.69) is 0 Å². The van der Waals surface area contributed by atoms with Gasteiger partial charge in [-0.05, 0) is 35.4 Å². The van der Waals surface area contributed by atoms with E-state index in [1.165, 1.54) is 30.3 Å². The first-order chi connectivity index (χ1) is 8.49. The van der Waals surface area contributed by atoms with Crippen LogP contribution in [0.1, 0.15) is 10.4 Å². The molecule has 0 radical (unpaired) electrons. The summed E-state index contributed by atoms with van der Waals surface area (Å²) in [6.45, 7) is 0. The number of phenols is 1. The lowest BCUT2D eigenvalue weighted by Gasteiger charge is -2.06. The van der Waals surface area contributed by atoms with Crippen molar-refractivity contribution in [2.24, 2.45) is 5.73 Å². The molecule has 3 nitrogen and oxygen atoms in total. The normalized spacial score (nSPS) is 10.3. The molecule has 2 aromatic carbocycles. The molecule has 0 fully saturated rings. The van der Waals surface area contributed by atoms with Crippen molar-refractivity contribution >= 4 is 17.5 Å². The van der Waals surface area contributed by atoms with Gasteiger partial charge in [0.1, 0.15) is 11.6 Å². The van der Waals surface area contributed by atoms with Crippen LogP contribution in [0.25, 0.3) is 11.1 Å². The first-order valence-electron chi connectivity index (χ1n) is 5.07. The average molecular weight is 266 g/mol. The zero-order valence-corrected chi connectivity index (χ0v) is 9.91. The van der Waals surface area contributed by atoms with E-state index in [-0.39, 0.29) is 16.3 Å². The summed E-state index contributed by atoms with van der Waals surface area (Å²) in [4.78, 5) is 11.1. The minimum Gasteiger partial charge on any atom is -0.507 e. The van der Waals surface area contributed by atoms with Crippen molar-refractivity contribution < 1.29 is 14.3 Å². The van der Waals surface area contributed by atoms with E-state index in [9.17, 15) is 14.3 Å². The molecule has 0 aromatic heterocycles. The molecule has 0 aliphatic rings. The van der Waals surface area contributed by atoms with Gasteiger partial charge in [0.15, 0.2) is 0 Å². The van der Waals surface area contributed by atoms with Crippen molar-refractivity contribution in [3.8, 4) is 16.9 Å². The molecule has 2 rings (SSSR count). The number of benzene rings is 2. The summed E-state index contributed by atoms with van der Waals surface area (Å²) in [6, 6.07) is 8.57. The van der Waals surface area contributed by atoms with Crippen molar-refractivity contribution in [2.45, 2.75) is 0 Å². The van der Waals surface area contributed by atoms with E-state index < -0.39 is 11.7 Å². The van der Waals surface area contributed by atoms with Crippen LogP contribution in [0.2, 0.25) is 5.02 Å². The Morgan fingerprint density at radius 3 is 2.39 bits per heavy atom. The summed E-state index contributed by atoms with van der Waals surface area (Å²) in [6.07, 6.45) is 0. The SMILES string of the molecule is NC(=O)c1cc(-c2ccc(F)c(Cl)c2)ccc1O. The van der Waals surface area contributed by atoms with E-state index in [0.717, 1.165) is 0 Å². The van der Waals surface area contributed by atoms with Gasteiger partial charge in [-0.15, -0.1) is 0 Å². The largest absolute Gasteiger partial charge is 0.507 e. The van der Waals surface area contributed by atoms with Gasteiger partial charge in [-0.2, -0.15) is 0 Å². The Hall–Kier alpha value is -2.07. The van der Waals surface area contributed by atoms with Crippen molar-refractivity contribution in [1.29, 1.82) is 0 Å². The van der Waals surface area contributed by atoms with E-state index in [1.807, 2.05) is 0 Å². The summed E-state index contributed by atoms with van der Waals surface area (Å²) < 4.78 is 13.0. The maximum atomic E-state index is 13.0. The molecular formula is C13H9ClFNO2. The van der Waals surface area contributed by atoms with Gasteiger partial charge in [-0.1, -0.05) is 23.7 Å². The van der Waals surface area contributed by atoms with Gasteiger partial charge in [0.05, 0.1) is 10.6 Å². The average Bonchev–Trinajstić information content (AvgIpc) is 2.33.